The van der Waals surface area contributed by atoms with Gasteiger partial charge in [0.1, 0.15) is 5.69 Å². The Morgan fingerprint density at radius 1 is 1.18 bits per heavy atom. The Hall–Kier alpha value is -2.12. The molecule has 0 bridgehead atoms. The van der Waals surface area contributed by atoms with E-state index in [0.29, 0.717) is 51.3 Å². The highest BCUT2D eigenvalue weighted by Gasteiger charge is 2.41. The maximum absolute atomic E-state index is 13.1. The first-order chi connectivity index (χ1) is 21.1. The molecule has 0 radical (unpaired) electrons. The van der Waals surface area contributed by atoms with Crippen molar-refractivity contribution in [1.29, 1.82) is 0 Å². The number of benzene rings is 1. The van der Waals surface area contributed by atoms with Gasteiger partial charge in [-0.05, 0) is 43.2 Å². The number of aryl methyl sites for hydroxylation is 1. The predicted molar refractivity (Wildman–Crippen MR) is 171 cm³/mol. The van der Waals surface area contributed by atoms with E-state index in [1.807, 2.05) is 29.3 Å². The van der Waals surface area contributed by atoms with Gasteiger partial charge in [0.25, 0.3) is 5.91 Å². The lowest BCUT2D eigenvalue weighted by Crippen LogP contribution is -2.58. The van der Waals surface area contributed by atoms with Crippen molar-refractivity contribution in [3.05, 3.63) is 50.4 Å². The number of aromatic nitrogens is 1. The Bertz CT molecular complexity index is 1250. The van der Waals surface area contributed by atoms with Crippen molar-refractivity contribution in [2.24, 2.45) is 5.73 Å². The largest absolute Gasteiger partial charge is 0.374 e. The number of ether oxygens (including phenoxy) is 4. The molecule has 1 aromatic heterocycles. The third kappa shape index (κ3) is 8.78. The Morgan fingerprint density at radius 3 is 2.55 bits per heavy atom. The molecule has 1 spiro atoms. The fourth-order valence-corrected chi connectivity index (χ4v) is 7.18. The van der Waals surface area contributed by atoms with Crippen LogP contribution in [0.4, 0.5) is 0 Å². The lowest BCUT2D eigenvalue weighted by atomic mass is 9.89. The van der Waals surface area contributed by atoms with Gasteiger partial charge in [0.2, 0.25) is 5.91 Å². The minimum Gasteiger partial charge on any atom is -0.374 e. The van der Waals surface area contributed by atoms with Gasteiger partial charge >= 0.3 is 0 Å². The maximum Gasteiger partial charge on any atom is 0.273 e. The molecule has 4 rings (SSSR count). The molecule has 1 aromatic carbocycles. The van der Waals surface area contributed by atoms with E-state index < -0.39 is 17.8 Å². The number of carbonyl (C=O) groups excluding carboxylic acids is 2. The van der Waals surface area contributed by atoms with E-state index in [2.05, 4.69) is 22.9 Å². The number of carbonyl (C=O) groups is 2. The summed E-state index contributed by atoms with van der Waals surface area (Å²) < 4.78 is 23.4. The third-order valence-electron chi connectivity index (χ3n) is 8.91. The molecule has 2 amide bonds. The second kappa shape index (κ2) is 15.9. The zero-order chi connectivity index (χ0) is 31.7. The van der Waals surface area contributed by atoms with Crippen molar-refractivity contribution in [2.75, 3.05) is 53.6 Å². The third-order valence-corrected chi connectivity index (χ3v) is 10.4. The number of likely N-dealkylation sites (tertiary alicyclic amines) is 1. The molecule has 1 unspecified atom stereocenters. The number of methoxy groups -OCH3 is 2. The summed E-state index contributed by atoms with van der Waals surface area (Å²) in [7, 11) is 3.13. The molecule has 3 heterocycles. The number of rotatable bonds is 15. The van der Waals surface area contributed by atoms with Crippen molar-refractivity contribution in [1.82, 2.24) is 14.8 Å². The Morgan fingerprint density at radius 2 is 1.91 bits per heavy atom. The number of amides is 2. The summed E-state index contributed by atoms with van der Waals surface area (Å²) >= 11 is 8.47. The molecular formula is C32H47ClN4O6S. The number of morpholine rings is 1. The number of hydrogen-bond acceptors (Lipinski definition) is 9. The monoisotopic (exact) mass is 650 g/mol. The molecule has 10 nitrogen and oxygen atoms in total. The van der Waals surface area contributed by atoms with E-state index >= 15 is 0 Å². The summed E-state index contributed by atoms with van der Waals surface area (Å²) in [4.78, 5) is 33.8. The minimum atomic E-state index is -0.781. The first kappa shape index (κ1) is 34.7. The van der Waals surface area contributed by atoms with Crippen molar-refractivity contribution >= 4 is 34.8 Å². The molecule has 2 saturated heterocycles. The van der Waals surface area contributed by atoms with Crippen LogP contribution in [0.3, 0.4) is 0 Å². The van der Waals surface area contributed by atoms with E-state index in [1.165, 1.54) is 0 Å². The quantitative estimate of drug-likeness (QED) is 0.281. The lowest BCUT2D eigenvalue weighted by molar-refractivity contribution is -0.165. The number of piperidine rings is 1. The van der Waals surface area contributed by atoms with Crippen molar-refractivity contribution < 1.29 is 28.5 Å². The van der Waals surface area contributed by atoms with Crippen molar-refractivity contribution in [2.45, 2.75) is 82.8 Å². The zero-order valence-electron chi connectivity index (χ0n) is 26.4. The van der Waals surface area contributed by atoms with Gasteiger partial charge in [-0.2, -0.15) is 0 Å². The Labute approximate surface area is 270 Å². The van der Waals surface area contributed by atoms with Crippen LogP contribution in [0.15, 0.2) is 23.6 Å². The van der Waals surface area contributed by atoms with Gasteiger partial charge in [0.15, 0.2) is 6.29 Å². The summed E-state index contributed by atoms with van der Waals surface area (Å²) in [5.41, 5.74) is 7.07. The number of thiazole rings is 1. The number of hydrogen-bond donors (Lipinski definition) is 1. The average molecular weight is 651 g/mol. The molecule has 2 aliphatic rings. The van der Waals surface area contributed by atoms with Crippen LogP contribution in [0.2, 0.25) is 5.02 Å². The first-order valence-corrected chi connectivity index (χ1v) is 16.7. The van der Waals surface area contributed by atoms with Crippen LogP contribution in [0.5, 0.6) is 0 Å². The highest BCUT2D eigenvalue weighted by molar-refractivity contribution is 7.09. The first-order valence-electron chi connectivity index (χ1n) is 15.5. The van der Waals surface area contributed by atoms with E-state index in [9.17, 15) is 9.59 Å². The summed E-state index contributed by atoms with van der Waals surface area (Å²) in [6, 6.07) is 6.11. The van der Waals surface area contributed by atoms with Crippen LogP contribution in [-0.2, 0) is 43.1 Å². The summed E-state index contributed by atoms with van der Waals surface area (Å²) in [5, 5.41) is 3.59. The van der Waals surface area contributed by atoms with Crippen molar-refractivity contribution in [3.8, 4) is 0 Å². The molecule has 0 aliphatic carbocycles. The second-order valence-corrected chi connectivity index (χ2v) is 13.1. The molecular weight excluding hydrogens is 604 g/mol. The number of halogens is 1. The second-order valence-electron chi connectivity index (χ2n) is 11.8. The topological polar surface area (TPSA) is 116 Å². The van der Waals surface area contributed by atoms with Gasteiger partial charge in [-0.3, -0.25) is 14.5 Å². The molecule has 1 atom stereocenters. The predicted octanol–water partition coefficient (Wildman–Crippen LogP) is 4.46. The Kier molecular flexibility index (Phi) is 12.6. The number of nitrogens with zero attached hydrogens (tertiary/aromatic N) is 3. The molecule has 2 aromatic rings. The van der Waals surface area contributed by atoms with Crippen LogP contribution in [0, 0.1) is 0 Å². The molecule has 2 N–H and O–H groups in total. The normalized spacial score (nSPS) is 18.5. The standard InChI is InChI=1S/C32H47ClN4O6S/c1-5-27-35-25(21-44-27)30(39)37-15-17-43-32(22-37)11-13-36(14-12-32)20-24-9-7-8-23(29(24)33)10-16-42-31(6-2,18-26(34)38)19-28(40-3)41-4/h7-9,21,28H,5-6,10-20,22H2,1-4H3,(H2,34,38). The van der Waals surface area contributed by atoms with Crippen LogP contribution < -0.4 is 5.73 Å². The highest BCUT2D eigenvalue weighted by atomic mass is 35.5. The summed E-state index contributed by atoms with van der Waals surface area (Å²) in [6.45, 7) is 8.58. The van der Waals surface area contributed by atoms with Gasteiger partial charge in [-0.25, -0.2) is 4.98 Å². The fraction of sp³-hybridized carbons (Fsp3) is 0.656. The van der Waals surface area contributed by atoms with Gasteiger partial charge in [-0.15, -0.1) is 11.3 Å². The lowest BCUT2D eigenvalue weighted by Gasteiger charge is -2.47. The van der Waals surface area contributed by atoms with Crippen LogP contribution in [-0.4, -0.2) is 97.7 Å². The molecule has 44 heavy (non-hydrogen) atoms. The molecule has 0 saturated carbocycles. The average Bonchev–Trinajstić information content (AvgIpc) is 3.51. The van der Waals surface area contributed by atoms with Crippen molar-refractivity contribution in [3.63, 3.8) is 0 Å². The van der Waals surface area contributed by atoms with Gasteiger partial charge in [0.05, 0.1) is 42.4 Å². The maximum atomic E-state index is 13.1. The van der Waals surface area contributed by atoms with Gasteiger partial charge in [0, 0.05) is 57.2 Å². The fourth-order valence-electron chi connectivity index (χ4n) is 6.18. The molecule has 2 aliphatic heterocycles. The SMILES string of the molecule is CCc1nc(C(=O)N2CCOC3(CCN(Cc4cccc(CCOC(CC)(CC(N)=O)CC(OC)OC)c4Cl)CC3)C2)cs1. The van der Waals surface area contributed by atoms with Gasteiger partial charge < -0.3 is 29.6 Å². The number of nitrogens with two attached hydrogens (primary N) is 1. The van der Waals surface area contributed by atoms with E-state index in [0.717, 1.165) is 60.1 Å². The summed E-state index contributed by atoms with van der Waals surface area (Å²) in [5.74, 6) is -0.425. The molecule has 244 valence electrons. The molecule has 12 heteroatoms. The van der Waals surface area contributed by atoms with E-state index in [-0.39, 0.29) is 17.9 Å². The summed E-state index contributed by atoms with van der Waals surface area (Å²) in [6.07, 6.45) is 3.69. The zero-order valence-corrected chi connectivity index (χ0v) is 28.0. The van der Waals surface area contributed by atoms with E-state index in [1.54, 1.807) is 25.6 Å². The van der Waals surface area contributed by atoms with Gasteiger partial charge in [-0.1, -0.05) is 43.6 Å². The highest BCUT2D eigenvalue weighted by Crippen LogP contribution is 2.33. The van der Waals surface area contributed by atoms with Crippen LogP contribution >= 0.6 is 22.9 Å². The number of primary amides is 1. The van der Waals surface area contributed by atoms with Crippen LogP contribution in [0.1, 0.15) is 72.6 Å². The van der Waals surface area contributed by atoms with E-state index in [4.69, 9.17) is 36.3 Å². The minimum absolute atomic E-state index is 0.00153. The smallest absolute Gasteiger partial charge is 0.273 e. The van der Waals surface area contributed by atoms with Crippen LogP contribution in [0.25, 0.3) is 0 Å². The Balaban J connectivity index is 1.32. The molecule has 2 fully saturated rings.